The lowest BCUT2D eigenvalue weighted by Gasteiger charge is -2.33. The number of nitrogens with zero attached hydrogens (tertiary/aromatic N) is 3. The molecule has 0 aliphatic carbocycles. The van der Waals surface area contributed by atoms with Crippen LogP contribution in [0.15, 0.2) is 29.3 Å². The monoisotopic (exact) mass is 342 g/mol. The number of benzene rings is 1. The molecular formula is C20H30N4O. The highest BCUT2D eigenvalue weighted by atomic mass is 16.2. The Balaban J connectivity index is 1.61. The third-order valence-corrected chi connectivity index (χ3v) is 5.38. The van der Waals surface area contributed by atoms with Crippen LogP contribution >= 0.6 is 0 Å². The van der Waals surface area contributed by atoms with Gasteiger partial charge in [-0.1, -0.05) is 31.2 Å². The van der Waals surface area contributed by atoms with Gasteiger partial charge in [-0.3, -0.25) is 9.79 Å². The van der Waals surface area contributed by atoms with Gasteiger partial charge in [0.2, 0.25) is 5.91 Å². The van der Waals surface area contributed by atoms with E-state index in [1.807, 2.05) is 11.9 Å². The van der Waals surface area contributed by atoms with Crippen LogP contribution < -0.4 is 5.32 Å². The Morgan fingerprint density at radius 2 is 1.92 bits per heavy atom. The van der Waals surface area contributed by atoms with Crippen molar-refractivity contribution >= 4 is 11.9 Å². The average Bonchev–Trinajstić information content (AvgIpc) is 3.03. The second-order valence-corrected chi connectivity index (χ2v) is 7.26. The van der Waals surface area contributed by atoms with Gasteiger partial charge in [-0.15, -0.1) is 0 Å². The van der Waals surface area contributed by atoms with Crippen molar-refractivity contribution in [2.75, 3.05) is 26.7 Å². The van der Waals surface area contributed by atoms with E-state index in [1.54, 1.807) is 0 Å². The number of aliphatic imine (C=N–C) groups is 1. The summed E-state index contributed by atoms with van der Waals surface area (Å²) in [6.07, 6.45) is 4.14. The van der Waals surface area contributed by atoms with E-state index >= 15 is 0 Å². The van der Waals surface area contributed by atoms with E-state index in [0.29, 0.717) is 6.42 Å². The largest absolute Gasteiger partial charge is 0.352 e. The van der Waals surface area contributed by atoms with Gasteiger partial charge in [-0.05, 0) is 36.3 Å². The van der Waals surface area contributed by atoms with Crippen molar-refractivity contribution in [2.24, 2.45) is 10.9 Å². The summed E-state index contributed by atoms with van der Waals surface area (Å²) in [7, 11) is 1.86. The maximum atomic E-state index is 11.9. The molecule has 0 bridgehead atoms. The Kier molecular flexibility index (Phi) is 5.95. The second kappa shape index (κ2) is 8.37. The first kappa shape index (κ1) is 17.8. The zero-order valence-electron chi connectivity index (χ0n) is 15.5. The van der Waals surface area contributed by atoms with Crippen LogP contribution in [0.3, 0.4) is 0 Å². The Bertz CT molecular complexity index is 620. The number of rotatable bonds is 4. The molecular weight excluding hydrogens is 312 g/mol. The van der Waals surface area contributed by atoms with E-state index in [1.165, 1.54) is 24.0 Å². The van der Waals surface area contributed by atoms with E-state index < -0.39 is 0 Å². The topological polar surface area (TPSA) is 47.9 Å². The molecule has 0 saturated carbocycles. The van der Waals surface area contributed by atoms with Gasteiger partial charge in [0.1, 0.15) is 0 Å². The van der Waals surface area contributed by atoms with Crippen LogP contribution in [0, 0.1) is 5.92 Å². The molecule has 2 aliphatic heterocycles. The van der Waals surface area contributed by atoms with Crippen LogP contribution in [0.2, 0.25) is 0 Å². The number of amides is 1. The summed E-state index contributed by atoms with van der Waals surface area (Å²) in [4.78, 5) is 20.7. The van der Waals surface area contributed by atoms with Crippen molar-refractivity contribution in [2.45, 2.75) is 45.7 Å². The highest BCUT2D eigenvalue weighted by Gasteiger charge is 2.21. The summed E-state index contributed by atoms with van der Waals surface area (Å²) in [5.41, 5.74) is 2.47. The first-order valence-corrected chi connectivity index (χ1v) is 9.47. The number of piperidine rings is 1. The second-order valence-electron chi connectivity index (χ2n) is 7.26. The summed E-state index contributed by atoms with van der Waals surface area (Å²) in [5, 5.41) is 3.52. The SMILES string of the molecule is CN=C(NCc1ccccc1CN1CCCC1=O)N1CCC(C)CC1. The van der Waals surface area contributed by atoms with E-state index in [0.717, 1.165) is 51.0 Å². The Hall–Kier alpha value is -2.04. The van der Waals surface area contributed by atoms with Crippen molar-refractivity contribution in [3.63, 3.8) is 0 Å². The van der Waals surface area contributed by atoms with Gasteiger partial charge in [0.05, 0.1) is 0 Å². The molecule has 1 amide bonds. The first-order chi connectivity index (χ1) is 12.2. The Labute approximate surface area is 151 Å². The number of hydrogen-bond donors (Lipinski definition) is 1. The molecule has 0 atom stereocenters. The van der Waals surface area contributed by atoms with Gasteiger partial charge in [0, 0.05) is 46.2 Å². The normalized spacial score (nSPS) is 19.6. The van der Waals surface area contributed by atoms with Crippen LogP contribution in [0.5, 0.6) is 0 Å². The zero-order chi connectivity index (χ0) is 17.6. The highest BCUT2D eigenvalue weighted by molar-refractivity contribution is 5.80. The number of guanidine groups is 1. The molecule has 2 aliphatic rings. The molecule has 5 heteroatoms. The van der Waals surface area contributed by atoms with E-state index in [-0.39, 0.29) is 5.91 Å². The highest BCUT2D eigenvalue weighted by Crippen LogP contribution is 2.18. The average molecular weight is 342 g/mol. The predicted molar refractivity (Wildman–Crippen MR) is 101 cm³/mol. The molecule has 1 aromatic carbocycles. The summed E-state index contributed by atoms with van der Waals surface area (Å²) in [6.45, 7) is 6.82. The van der Waals surface area contributed by atoms with Gasteiger partial charge >= 0.3 is 0 Å². The summed E-state index contributed by atoms with van der Waals surface area (Å²) in [5.74, 6) is 2.08. The van der Waals surface area contributed by atoms with E-state index in [2.05, 4.69) is 46.4 Å². The van der Waals surface area contributed by atoms with Gasteiger partial charge in [-0.25, -0.2) is 0 Å². The quantitative estimate of drug-likeness (QED) is 0.676. The molecule has 3 rings (SSSR count). The third-order valence-electron chi connectivity index (χ3n) is 5.38. The van der Waals surface area contributed by atoms with Crippen molar-refractivity contribution in [3.05, 3.63) is 35.4 Å². The van der Waals surface area contributed by atoms with Gasteiger partial charge in [0.25, 0.3) is 0 Å². The number of likely N-dealkylation sites (tertiary alicyclic amines) is 2. The lowest BCUT2D eigenvalue weighted by molar-refractivity contribution is -0.128. The van der Waals surface area contributed by atoms with Crippen molar-refractivity contribution in [3.8, 4) is 0 Å². The zero-order valence-corrected chi connectivity index (χ0v) is 15.5. The Morgan fingerprint density at radius 1 is 1.20 bits per heavy atom. The molecule has 0 spiro atoms. The first-order valence-electron chi connectivity index (χ1n) is 9.47. The summed E-state index contributed by atoms with van der Waals surface area (Å²) < 4.78 is 0. The molecule has 0 radical (unpaired) electrons. The third kappa shape index (κ3) is 4.53. The van der Waals surface area contributed by atoms with Crippen LogP contribution in [0.25, 0.3) is 0 Å². The number of carbonyl (C=O) groups excluding carboxylic acids is 1. The smallest absolute Gasteiger partial charge is 0.222 e. The number of nitrogens with one attached hydrogen (secondary N) is 1. The van der Waals surface area contributed by atoms with Crippen molar-refractivity contribution in [1.82, 2.24) is 15.1 Å². The molecule has 0 unspecified atom stereocenters. The summed E-state index contributed by atoms with van der Waals surface area (Å²) in [6, 6.07) is 8.40. The fourth-order valence-electron chi connectivity index (χ4n) is 3.69. The minimum absolute atomic E-state index is 0.279. The van der Waals surface area contributed by atoms with Crippen LogP contribution in [-0.4, -0.2) is 48.3 Å². The molecule has 1 N–H and O–H groups in total. The molecule has 0 aromatic heterocycles. The summed E-state index contributed by atoms with van der Waals surface area (Å²) >= 11 is 0. The molecule has 136 valence electrons. The van der Waals surface area contributed by atoms with E-state index in [9.17, 15) is 4.79 Å². The number of hydrogen-bond acceptors (Lipinski definition) is 2. The maximum Gasteiger partial charge on any atom is 0.222 e. The van der Waals surface area contributed by atoms with Gasteiger partial charge < -0.3 is 15.1 Å². The minimum Gasteiger partial charge on any atom is -0.352 e. The molecule has 2 heterocycles. The predicted octanol–water partition coefficient (Wildman–Crippen LogP) is 2.62. The number of carbonyl (C=O) groups is 1. The lowest BCUT2D eigenvalue weighted by Crippen LogP contribution is -2.45. The van der Waals surface area contributed by atoms with E-state index in [4.69, 9.17) is 0 Å². The van der Waals surface area contributed by atoms with Gasteiger partial charge in [-0.2, -0.15) is 0 Å². The molecule has 5 nitrogen and oxygen atoms in total. The molecule has 2 saturated heterocycles. The molecule has 25 heavy (non-hydrogen) atoms. The fraction of sp³-hybridized carbons (Fsp3) is 0.600. The standard InChI is InChI=1S/C20H30N4O/c1-16-9-12-23(13-10-16)20(21-2)22-14-17-6-3-4-7-18(17)15-24-11-5-8-19(24)25/h3-4,6-7,16H,5,8-15H2,1-2H3,(H,21,22). The van der Waals surface area contributed by atoms with Crippen molar-refractivity contribution < 1.29 is 4.79 Å². The van der Waals surface area contributed by atoms with Crippen LogP contribution in [-0.2, 0) is 17.9 Å². The fourth-order valence-corrected chi connectivity index (χ4v) is 3.69. The van der Waals surface area contributed by atoms with Gasteiger partial charge in [0.15, 0.2) is 5.96 Å². The lowest BCUT2D eigenvalue weighted by atomic mass is 9.99. The van der Waals surface area contributed by atoms with Crippen LogP contribution in [0.4, 0.5) is 0 Å². The van der Waals surface area contributed by atoms with Crippen molar-refractivity contribution in [1.29, 1.82) is 0 Å². The molecule has 2 fully saturated rings. The maximum absolute atomic E-state index is 11.9. The Morgan fingerprint density at radius 3 is 2.56 bits per heavy atom. The minimum atomic E-state index is 0.279. The molecule has 1 aromatic rings. The van der Waals surface area contributed by atoms with Crippen LogP contribution in [0.1, 0.15) is 43.7 Å².